The summed E-state index contributed by atoms with van der Waals surface area (Å²) in [5.74, 6) is -0.307. The summed E-state index contributed by atoms with van der Waals surface area (Å²) in [6.07, 6.45) is 1.99. The van der Waals surface area contributed by atoms with Gasteiger partial charge in [-0.15, -0.1) is 0 Å². The van der Waals surface area contributed by atoms with E-state index >= 15 is 0 Å². The van der Waals surface area contributed by atoms with Crippen LogP contribution in [0, 0.1) is 0 Å². The lowest BCUT2D eigenvalue weighted by atomic mass is 10.2. The fraction of sp³-hybridized carbons (Fsp3) is 0.778. The average molecular weight is 287 g/mol. The van der Waals surface area contributed by atoms with Gasteiger partial charge in [-0.05, 0) is 19.3 Å². The van der Waals surface area contributed by atoms with E-state index in [1.807, 2.05) is 6.92 Å². The van der Waals surface area contributed by atoms with Crippen molar-refractivity contribution in [3.05, 3.63) is 0 Å². The molecule has 0 rings (SSSR count). The van der Waals surface area contributed by atoms with Gasteiger partial charge in [-0.25, -0.2) is 0 Å². The molecular weight excluding hydrogens is 267 g/mol. The number of nitrogens with two attached hydrogens (primary N) is 3. The van der Waals surface area contributed by atoms with E-state index in [1.165, 1.54) is 0 Å². The molecule has 0 saturated carbocycles. The summed E-state index contributed by atoms with van der Waals surface area (Å²) in [5, 5.41) is 0. The van der Waals surface area contributed by atoms with Gasteiger partial charge in [-0.1, -0.05) is 6.92 Å². The molecule has 0 radical (unpaired) electrons. The van der Waals surface area contributed by atoms with Crippen LogP contribution in [0.1, 0.15) is 26.2 Å². The molecule has 0 aliphatic rings. The number of aliphatic imine (C=N–C) groups is 1. The molecule has 6 nitrogen and oxygen atoms in total. The molecule has 0 saturated heterocycles. The first-order chi connectivity index (χ1) is 7.07. The zero-order valence-electron chi connectivity index (χ0n) is 9.86. The molecule has 104 valence electrons. The van der Waals surface area contributed by atoms with Crippen LogP contribution in [0.4, 0.5) is 0 Å². The highest BCUT2D eigenvalue weighted by atomic mass is 35.5. The van der Waals surface area contributed by atoms with E-state index in [4.69, 9.17) is 21.9 Å². The van der Waals surface area contributed by atoms with Gasteiger partial charge in [0.2, 0.25) is 0 Å². The maximum atomic E-state index is 11.2. The van der Waals surface area contributed by atoms with E-state index in [9.17, 15) is 4.79 Å². The van der Waals surface area contributed by atoms with Crippen molar-refractivity contribution in [3.63, 3.8) is 0 Å². The molecule has 17 heavy (non-hydrogen) atoms. The SMILES string of the molecule is CCCOC(=O)C(N)CCCN=C(N)N.[Cl-].[Cl-]. The van der Waals surface area contributed by atoms with Crippen LogP contribution in [0.15, 0.2) is 4.99 Å². The molecule has 0 aromatic heterocycles. The topological polar surface area (TPSA) is 117 Å². The van der Waals surface area contributed by atoms with Crippen LogP contribution < -0.4 is 42.0 Å². The van der Waals surface area contributed by atoms with Crippen LogP contribution in [0.5, 0.6) is 0 Å². The predicted molar refractivity (Wildman–Crippen MR) is 59.1 cm³/mol. The van der Waals surface area contributed by atoms with Gasteiger partial charge in [-0.3, -0.25) is 9.79 Å². The van der Waals surface area contributed by atoms with Gasteiger partial charge in [0.05, 0.1) is 6.61 Å². The lowest BCUT2D eigenvalue weighted by molar-refractivity contribution is -0.145. The molecule has 0 bridgehead atoms. The van der Waals surface area contributed by atoms with Gasteiger partial charge in [0.1, 0.15) is 6.04 Å². The average Bonchev–Trinajstić information content (AvgIpc) is 2.20. The summed E-state index contributed by atoms with van der Waals surface area (Å²) in [6.45, 7) is 2.83. The number of rotatable bonds is 7. The first-order valence-electron chi connectivity index (χ1n) is 5.05. The van der Waals surface area contributed by atoms with Crippen LogP contribution in [0.2, 0.25) is 0 Å². The van der Waals surface area contributed by atoms with Crippen molar-refractivity contribution in [2.24, 2.45) is 22.2 Å². The number of halogens is 2. The second-order valence-corrected chi connectivity index (χ2v) is 3.22. The highest BCUT2D eigenvalue weighted by molar-refractivity contribution is 5.76. The van der Waals surface area contributed by atoms with E-state index in [2.05, 4.69) is 4.99 Å². The Morgan fingerprint density at radius 3 is 2.41 bits per heavy atom. The Morgan fingerprint density at radius 2 is 1.94 bits per heavy atom. The number of carbonyl (C=O) groups excluding carboxylic acids is 1. The van der Waals surface area contributed by atoms with Crippen molar-refractivity contribution in [1.82, 2.24) is 0 Å². The number of hydrogen-bond donors (Lipinski definition) is 3. The molecule has 1 unspecified atom stereocenters. The van der Waals surface area contributed by atoms with E-state index in [-0.39, 0.29) is 36.7 Å². The summed E-state index contributed by atoms with van der Waals surface area (Å²) in [7, 11) is 0. The molecule has 0 fully saturated rings. The lowest BCUT2D eigenvalue weighted by Gasteiger charge is -2.09. The Bertz CT molecular complexity index is 223. The zero-order valence-corrected chi connectivity index (χ0v) is 11.4. The molecule has 6 N–H and O–H groups in total. The minimum Gasteiger partial charge on any atom is -1.00 e. The zero-order chi connectivity index (χ0) is 11.7. The van der Waals surface area contributed by atoms with Crippen molar-refractivity contribution in [2.75, 3.05) is 13.2 Å². The summed E-state index contributed by atoms with van der Waals surface area (Å²) in [4.78, 5) is 15.0. The van der Waals surface area contributed by atoms with Gasteiger partial charge in [-0.2, -0.15) is 0 Å². The molecule has 0 heterocycles. The lowest BCUT2D eigenvalue weighted by Crippen LogP contribution is -3.00. The van der Waals surface area contributed by atoms with Crippen molar-refractivity contribution in [3.8, 4) is 0 Å². The summed E-state index contributed by atoms with van der Waals surface area (Å²) in [5.41, 5.74) is 15.9. The first-order valence-corrected chi connectivity index (χ1v) is 5.05. The first kappa shape index (κ1) is 21.6. The number of nitrogens with zero attached hydrogens (tertiary/aromatic N) is 1. The number of carbonyl (C=O) groups is 1. The molecule has 0 aliphatic carbocycles. The van der Waals surface area contributed by atoms with Crippen LogP contribution in [0.3, 0.4) is 0 Å². The molecular formula is C9H20Cl2N4O2-2. The highest BCUT2D eigenvalue weighted by Gasteiger charge is 2.13. The monoisotopic (exact) mass is 286 g/mol. The van der Waals surface area contributed by atoms with E-state index in [0.29, 0.717) is 26.0 Å². The Morgan fingerprint density at radius 1 is 1.35 bits per heavy atom. The minimum atomic E-state index is -0.578. The fourth-order valence-corrected chi connectivity index (χ4v) is 0.947. The van der Waals surface area contributed by atoms with Gasteiger partial charge >= 0.3 is 5.97 Å². The van der Waals surface area contributed by atoms with Crippen molar-refractivity contribution < 1.29 is 34.3 Å². The quantitative estimate of drug-likeness (QED) is 0.186. The Labute approximate surface area is 114 Å². The summed E-state index contributed by atoms with van der Waals surface area (Å²) < 4.78 is 4.88. The minimum absolute atomic E-state index is 0. The van der Waals surface area contributed by atoms with Gasteiger partial charge in [0, 0.05) is 6.54 Å². The molecule has 8 heteroatoms. The predicted octanol–water partition coefficient (Wildman–Crippen LogP) is -6.67. The Hall–Kier alpha value is -0.720. The van der Waals surface area contributed by atoms with Crippen LogP contribution in [-0.4, -0.2) is 31.1 Å². The normalized spacial score (nSPS) is 10.5. The fourth-order valence-electron chi connectivity index (χ4n) is 0.947. The molecule has 1 atom stereocenters. The molecule has 0 aliphatic heterocycles. The van der Waals surface area contributed by atoms with E-state index in [0.717, 1.165) is 6.42 Å². The van der Waals surface area contributed by atoms with Crippen LogP contribution >= 0.6 is 0 Å². The standard InChI is InChI=1S/C9H20N4O2.2ClH/c1-2-6-15-8(14)7(10)4-3-5-13-9(11)12;;/h7H,2-6,10H2,1H3,(H4,11,12,13);2*1H/p-2. The second-order valence-electron chi connectivity index (χ2n) is 3.22. The molecule has 0 aromatic carbocycles. The largest absolute Gasteiger partial charge is 1.00 e. The summed E-state index contributed by atoms with van der Waals surface area (Å²) >= 11 is 0. The van der Waals surface area contributed by atoms with Crippen molar-refractivity contribution in [2.45, 2.75) is 32.2 Å². The van der Waals surface area contributed by atoms with Gasteiger partial charge in [0.15, 0.2) is 5.96 Å². The third kappa shape index (κ3) is 13.2. The Balaban J connectivity index is -0.000000980. The maximum Gasteiger partial charge on any atom is 0.322 e. The van der Waals surface area contributed by atoms with Crippen LogP contribution in [-0.2, 0) is 9.53 Å². The van der Waals surface area contributed by atoms with Gasteiger partial charge in [0.25, 0.3) is 0 Å². The summed E-state index contributed by atoms with van der Waals surface area (Å²) in [6, 6.07) is -0.578. The number of esters is 1. The van der Waals surface area contributed by atoms with Gasteiger partial charge < -0.3 is 46.8 Å². The number of ether oxygens (including phenoxy) is 1. The third-order valence-corrected chi connectivity index (χ3v) is 1.72. The van der Waals surface area contributed by atoms with Crippen molar-refractivity contribution in [1.29, 1.82) is 0 Å². The number of guanidine groups is 1. The third-order valence-electron chi connectivity index (χ3n) is 1.72. The Kier molecular flexibility index (Phi) is 16.9. The van der Waals surface area contributed by atoms with E-state index in [1.54, 1.807) is 0 Å². The van der Waals surface area contributed by atoms with Crippen LogP contribution in [0.25, 0.3) is 0 Å². The van der Waals surface area contributed by atoms with Crippen molar-refractivity contribution >= 4 is 11.9 Å². The molecule has 0 spiro atoms. The molecule has 0 amide bonds. The highest BCUT2D eigenvalue weighted by Crippen LogP contribution is 1.98. The van der Waals surface area contributed by atoms with E-state index < -0.39 is 6.04 Å². The molecule has 0 aromatic rings. The smallest absolute Gasteiger partial charge is 0.322 e. The second kappa shape index (κ2) is 13.3. The number of hydrogen-bond acceptors (Lipinski definition) is 4. The maximum absolute atomic E-state index is 11.2.